The smallest absolute Gasteiger partial charge is 0.233 e. The van der Waals surface area contributed by atoms with Crippen molar-refractivity contribution >= 4 is 17.7 Å². The number of H-pyrrole nitrogens is 1. The lowest BCUT2D eigenvalue weighted by Gasteiger charge is -2.32. The van der Waals surface area contributed by atoms with Crippen molar-refractivity contribution < 1.29 is 9.18 Å². The van der Waals surface area contributed by atoms with Crippen LogP contribution in [-0.2, 0) is 17.6 Å². The van der Waals surface area contributed by atoms with E-state index in [1.165, 1.54) is 23.9 Å². The topological polar surface area (TPSA) is 61.9 Å². The number of nitrogens with zero attached hydrogens (tertiary/aromatic N) is 3. The first-order chi connectivity index (χ1) is 12.1. The van der Waals surface area contributed by atoms with Gasteiger partial charge in [-0.3, -0.25) is 9.89 Å². The van der Waals surface area contributed by atoms with Gasteiger partial charge >= 0.3 is 0 Å². The number of benzene rings is 1. The molecular weight excluding hydrogens is 339 g/mol. The summed E-state index contributed by atoms with van der Waals surface area (Å²) in [6.45, 7) is 3.59. The van der Waals surface area contributed by atoms with Crippen LogP contribution in [-0.4, -0.2) is 44.8 Å². The van der Waals surface area contributed by atoms with Gasteiger partial charge in [0.05, 0.1) is 5.75 Å². The van der Waals surface area contributed by atoms with Crippen molar-refractivity contribution in [1.29, 1.82) is 0 Å². The highest BCUT2D eigenvalue weighted by molar-refractivity contribution is 7.99. The van der Waals surface area contributed by atoms with E-state index in [4.69, 9.17) is 0 Å². The molecule has 0 aliphatic carbocycles. The number of aryl methyl sites for hydroxylation is 1. The van der Waals surface area contributed by atoms with Crippen LogP contribution in [0.5, 0.6) is 0 Å². The molecular formula is C18H23FN4OS. The average Bonchev–Trinajstić information content (AvgIpc) is 3.10. The van der Waals surface area contributed by atoms with Crippen LogP contribution in [0.25, 0.3) is 0 Å². The number of likely N-dealkylation sites (tertiary alicyclic amines) is 1. The van der Waals surface area contributed by atoms with Crippen LogP contribution >= 0.6 is 11.8 Å². The van der Waals surface area contributed by atoms with Gasteiger partial charge < -0.3 is 4.90 Å². The zero-order valence-corrected chi connectivity index (χ0v) is 15.2. The number of rotatable bonds is 6. The van der Waals surface area contributed by atoms with Crippen molar-refractivity contribution in [1.82, 2.24) is 20.1 Å². The third-order valence-electron chi connectivity index (χ3n) is 4.48. The molecule has 134 valence electrons. The molecule has 0 bridgehead atoms. The van der Waals surface area contributed by atoms with Crippen molar-refractivity contribution in [2.45, 2.75) is 37.8 Å². The Balaban J connectivity index is 1.49. The molecule has 5 nitrogen and oxygen atoms in total. The maximum absolute atomic E-state index is 13.0. The van der Waals surface area contributed by atoms with Crippen LogP contribution in [0.3, 0.4) is 0 Å². The Labute approximate surface area is 151 Å². The van der Waals surface area contributed by atoms with Gasteiger partial charge in [0.25, 0.3) is 0 Å². The second kappa shape index (κ2) is 8.47. The largest absolute Gasteiger partial charge is 0.342 e. The number of piperidine rings is 1. The second-order valence-electron chi connectivity index (χ2n) is 6.39. The van der Waals surface area contributed by atoms with E-state index in [1.54, 1.807) is 0 Å². The van der Waals surface area contributed by atoms with Gasteiger partial charge in [0.2, 0.25) is 11.1 Å². The third kappa shape index (κ3) is 5.04. The Bertz CT molecular complexity index is 703. The molecule has 2 heterocycles. The van der Waals surface area contributed by atoms with Gasteiger partial charge in [-0.25, -0.2) is 9.37 Å². The van der Waals surface area contributed by atoms with Gasteiger partial charge in [-0.2, -0.15) is 0 Å². The Morgan fingerprint density at radius 3 is 2.92 bits per heavy atom. The normalized spacial score (nSPS) is 17.7. The highest BCUT2D eigenvalue weighted by atomic mass is 32.2. The van der Waals surface area contributed by atoms with E-state index in [0.29, 0.717) is 16.8 Å². The van der Waals surface area contributed by atoms with Crippen molar-refractivity contribution in [2.24, 2.45) is 5.92 Å². The molecule has 1 N–H and O–H groups in total. The van der Waals surface area contributed by atoms with E-state index in [9.17, 15) is 9.18 Å². The molecule has 1 saturated heterocycles. The number of hydrogen-bond acceptors (Lipinski definition) is 4. The molecule has 1 atom stereocenters. The van der Waals surface area contributed by atoms with Gasteiger partial charge in [-0.15, -0.1) is 5.10 Å². The Morgan fingerprint density at radius 1 is 1.40 bits per heavy atom. The molecule has 3 rings (SSSR count). The van der Waals surface area contributed by atoms with E-state index >= 15 is 0 Å². The van der Waals surface area contributed by atoms with Gasteiger partial charge in [-0.1, -0.05) is 30.8 Å². The van der Waals surface area contributed by atoms with Crippen molar-refractivity contribution in [2.75, 3.05) is 18.8 Å². The molecule has 1 aromatic heterocycles. The average molecular weight is 362 g/mol. The SMILES string of the molecule is CCc1nc(SCC(=O)N2CCC[C@@H](Cc3ccc(F)cc3)C2)n[nH]1. The van der Waals surface area contributed by atoms with Gasteiger partial charge in [-0.05, 0) is 42.9 Å². The number of aromatic amines is 1. The Kier molecular flexibility index (Phi) is 6.07. The fourth-order valence-electron chi connectivity index (χ4n) is 3.13. The monoisotopic (exact) mass is 362 g/mol. The summed E-state index contributed by atoms with van der Waals surface area (Å²) in [5.41, 5.74) is 1.13. The van der Waals surface area contributed by atoms with Crippen LogP contribution < -0.4 is 0 Å². The van der Waals surface area contributed by atoms with E-state index < -0.39 is 0 Å². The molecule has 1 amide bonds. The summed E-state index contributed by atoms with van der Waals surface area (Å²) in [5.74, 6) is 1.57. The quantitative estimate of drug-likeness (QED) is 0.802. The summed E-state index contributed by atoms with van der Waals surface area (Å²) in [6.07, 6.45) is 3.81. The van der Waals surface area contributed by atoms with Crippen LogP contribution in [0.1, 0.15) is 31.2 Å². The van der Waals surface area contributed by atoms with Crippen molar-refractivity contribution in [3.63, 3.8) is 0 Å². The first kappa shape index (κ1) is 17.9. The molecule has 1 aromatic carbocycles. The molecule has 25 heavy (non-hydrogen) atoms. The first-order valence-electron chi connectivity index (χ1n) is 8.70. The van der Waals surface area contributed by atoms with E-state index in [2.05, 4.69) is 15.2 Å². The number of thioether (sulfide) groups is 1. The second-order valence-corrected chi connectivity index (χ2v) is 7.33. The van der Waals surface area contributed by atoms with Crippen molar-refractivity contribution in [3.8, 4) is 0 Å². The summed E-state index contributed by atoms with van der Waals surface area (Å²) < 4.78 is 13.0. The molecule has 0 saturated carbocycles. The summed E-state index contributed by atoms with van der Waals surface area (Å²) in [4.78, 5) is 18.7. The first-order valence-corrected chi connectivity index (χ1v) is 9.69. The molecule has 1 aliphatic heterocycles. The number of carbonyl (C=O) groups is 1. The minimum Gasteiger partial charge on any atom is -0.342 e. The molecule has 7 heteroatoms. The molecule has 1 fully saturated rings. The number of nitrogens with one attached hydrogen (secondary N) is 1. The fourth-order valence-corrected chi connectivity index (χ4v) is 3.85. The van der Waals surface area contributed by atoms with E-state index in [-0.39, 0.29) is 11.7 Å². The maximum atomic E-state index is 13.0. The van der Waals surface area contributed by atoms with Crippen LogP contribution in [0.2, 0.25) is 0 Å². The van der Waals surface area contributed by atoms with E-state index in [1.807, 2.05) is 24.0 Å². The molecule has 1 aliphatic rings. The highest BCUT2D eigenvalue weighted by Gasteiger charge is 2.24. The number of aromatic nitrogens is 3. The third-order valence-corrected chi connectivity index (χ3v) is 5.31. The lowest BCUT2D eigenvalue weighted by molar-refractivity contribution is -0.130. The lowest BCUT2D eigenvalue weighted by atomic mass is 9.91. The zero-order chi connectivity index (χ0) is 17.6. The minimum absolute atomic E-state index is 0.136. The minimum atomic E-state index is -0.209. The lowest BCUT2D eigenvalue weighted by Crippen LogP contribution is -2.41. The molecule has 0 spiro atoms. The highest BCUT2D eigenvalue weighted by Crippen LogP contribution is 2.22. The number of halogens is 1. The number of carbonyl (C=O) groups excluding carboxylic acids is 1. The Morgan fingerprint density at radius 2 is 2.20 bits per heavy atom. The van der Waals surface area contributed by atoms with Crippen LogP contribution in [0, 0.1) is 11.7 Å². The zero-order valence-electron chi connectivity index (χ0n) is 14.4. The summed E-state index contributed by atoms with van der Waals surface area (Å²) >= 11 is 1.38. The summed E-state index contributed by atoms with van der Waals surface area (Å²) in [6, 6.07) is 6.67. The predicted molar refractivity (Wildman–Crippen MR) is 95.9 cm³/mol. The van der Waals surface area contributed by atoms with Gasteiger partial charge in [0.15, 0.2) is 0 Å². The van der Waals surface area contributed by atoms with Crippen LogP contribution in [0.4, 0.5) is 4.39 Å². The van der Waals surface area contributed by atoms with Crippen molar-refractivity contribution in [3.05, 3.63) is 41.5 Å². The summed E-state index contributed by atoms with van der Waals surface area (Å²) in [5, 5.41) is 7.60. The van der Waals surface area contributed by atoms with Crippen LogP contribution in [0.15, 0.2) is 29.4 Å². The molecule has 0 unspecified atom stereocenters. The Hall–Kier alpha value is -1.89. The fraction of sp³-hybridized carbons (Fsp3) is 0.500. The van der Waals surface area contributed by atoms with Gasteiger partial charge in [0.1, 0.15) is 11.6 Å². The van der Waals surface area contributed by atoms with E-state index in [0.717, 1.165) is 50.2 Å². The maximum Gasteiger partial charge on any atom is 0.233 e. The predicted octanol–water partition coefficient (Wildman–Crippen LogP) is 3.08. The number of hydrogen-bond donors (Lipinski definition) is 1. The summed E-state index contributed by atoms with van der Waals surface area (Å²) in [7, 11) is 0. The standard InChI is InChI=1S/C18H23FN4OS/c1-2-16-20-18(22-21-16)25-12-17(24)23-9-3-4-14(11-23)10-13-5-7-15(19)8-6-13/h5-8,14H,2-4,9-12H2,1H3,(H,20,21,22)/t14-/m0/s1. The molecule has 2 aromatic rings. The van der Waals surface area contributed by atoms with Gasteiger partial charge in [0, 0.05) is 19.5 Å². The number of amides is 1. The molecule has 0 radical (unpaired) electrons.